The van der Waals surface area contributed by atoms with Crippen LogP contribution in [0.3, 0.4) is 0 Å². The zero-order valence-electron chi connectivity index (χ0n) is 20.5. The van der Waals surface area contributed by atoms with Crippen molar-refractivity contribution in [3.8, 4) is 0 Å². The molecular weight excluding hydrogens is 480 g/mol. The predicted molar refractivity (Wildman–Crippen MR) is 131 cm³/mol. The van der Waals surface area contributed by atoms with Crippen LogP contribution in [-0.2, 0) is 29.3 Å². The third-order valence-electron chi connectivity index (χ3n) is 5.22. The molecule has 3 atom stereocenters. The molecule has 0 fully saturated rings. The van der Waals surface area contributed by atoms with E-state index in [9.17, 15) is 14.4 Å². The maximum Gasteiger partial charge on any atom is 0.373 e. The molecular formula is C28H28O9. The summed E-state index contributed by atoms with van der Waals surface area (Å²) >= 11 is 0. The Kier molecular flexibility index (Phi) is 10.8. The second kappa shape index (κ2) is 14.5. The van der Waals surface area contributed by atoms with E-state index in [2.05, 4.69) is 0 Å². The zero-order chi connectivity index (χ0) is 26.5. The Morgan fingerprint density at radius 2 is 0.919 bits per heavy atom. The van der Waals surface area contributed by atoms with Gasteiger partial charge in [0.05, 0.1) is 16.7 Å². The molecule has 0 aromatic heterocycles. The van der Waals surface area contributed by atoms with Crippen LogP contribution in [0.25, 0.3) is 0 Å². The molecule has 3 aromatic rings. The van der Waals surface area contributed by atoms with E-state index in [4.69, 9.17) is 29.3 Å². The van der Waals surface area contributed by atoms with E-state index in [-0.39, 0.29) is 6.42 Å². The van der Waals surface area contributed by atoms with Crippen LogP contribution >= 0.6 is 0 Å². The molecule has 0 saturated carbocycles. The largest absolute Gasteiger partial charge is 0.373 e. The minimum absolute atomic E-state index is 0.246. The minimum Gasteiger partial charge on any atom is -0.293 e. The number of rotatable bonds is 13. The smallest absolute Gasteiger partial charge is 0.293 e. The Hall–Kier alpha value is -4.05. The van der Waals surface area contributed by atoms with Crippen LogP contribution in [0.15, 0.2) is 91.0 Å². The molecule has 0 saturated heterocycles. The molecule has 194 valence electrons. The summed E-state index contributed by atoms with van der Waals surface area (Å²) in [6, 6.07) is 25.1. The standard InChI is InChI=1S/C28H28O9/c1-20(32-35-26(29)22-12-6-3-7-13-22)18-19-25(34-37-28(31)24-16-10-5-11-17-24)21(2)33-36-27(30)23-14-8-4-9-15-23/h3-17,20-21,25H,18-19H2,1-2H3. The third-order valence-corrected chi connectivity index (χ3v) is 5.22. The highest BCUT2D eigenvalue weighted by Gasteiger charge is 2.26. The minimum atomic E-state index is -0.841. The molecule has 0 N–H and O–H groups in total. The van der Waals surface area contributed by atoms with Gasteiger partial charge in [0.2, 0.25) is 0 Å². The Bertz CT molecular complexity index is 1120. The summed E-state index contributed by atoms with van der Waals surface area (Å²) in [6.45, 7) is 3.30. The Morgan fingerprint density at radius 3 is 1.35 bits per heavy atom. The van der Waals surface area contributed by atoms with Gasteiger partial charge in [0.25, 0.3) is 0 Å². The maximum atomic E-state index is 12.3. The van der Waals surface area contributed by atoms with Crippen molar-refractivity contribution >= 4 is 17.9 Å². The molecule has 0 bridgehead atoms. The molecule has 0 aliphatic carbocycles. The molecule has 3 unspecified atom stereocenters. The summed E-state index contributed by atoms with van der Waals surface area (Å²) in [5.41, 5.74) is 0.964. The molecule has 3 aromatic carbocycles. The van der Waals surface area contributed by atoms with Gasteiger partial charge >= 0.3 is 17.9 Å². The number of hydrogen-bond acceptors (Lipinski definition) is 9. The Labute approximate surface area is 214 Å². The van der Waals surface area contributed by atoms with Crippen molar-refractivity contribution < 1.29 is 43.7 Å². The summed E-state index contributed by atoms with van der Waals surface area (Å²) < 4.78 is 0. The topological polar surface area (TPSA) is 107 Å². The summed E-state index contributed by atoms with van der Waals surface area (Å²) in [7, 11) is 0. The van der Waals surface area contributed by atoms with Crippen molar-refractivity contribution in [2.45, 2.75) is 45.0 Å². The molecule has 37 heavy (non-hydrogen) atoms. The Morgan fingerprint density at radius 1 is 0.541 bits per heavy atom. The van der Waals surface area contributed by atoms with Gasteiger partial charge in [-0.1, -0.05) is 54.6 Å². The van der Waals surface area contributed by atoms with E-state index in [0.29, 0.717) is 23.1 Å². The fourth-order valence-corrected chi connectivity index (χ4v) is 3.09. The van der Waals surface area contributed by atoms with Crippen molar-refractivity contribution in [2.24, 2.45) is 0 Å². The maximum absolute atomic E-state index is 12.3. The van der Waals surface area contributed by atoms with Gasteiger partial charge in [-0.2, -0.15) is 14.7 Å². The van der Waals surface area contributed by atoms with Gasteiger partial charge in [-0.05, 0) is 63.1 Å². The Balaban J connectivity index is 1.54. The van der Waals surface area contributed by atoms with E-state index in [1.54, 1.807) is 105 Å². The van der Waals surface area contributed by atoms with Crippen molar-refractivity contribution in [2.75, 3.05) is 0 Å². The fraction of sp³-hybridized carbons (Fsp3) is 0.250. The number of carbonyl (C=O) groups is 3. The van der Waals surface area contributed by atoms with Crippen LogP contribution in [0, 0.1) is 0 Å². The first-order valence-electron chi connectivity index (χ1n) is 11.7. The quantitative estimate of drug-likeness (QED) is 0.225. The lowest BCUT2D eigenvalue weighted by Crippen LogP contribution is -2.32. The van der Waals surface area contributed by atoms with Crippen LogP contribution in [-0.4, -0.2) is 36.2 Å². The number of benzene rings is 3. The lowest BCUT2D eigenvalue weighted by Gasteiger charge is -2.22. The molecule has 0 aliphatic rings. The van der Waals surface area contributed by atoms with Crippen molar-refractivity contribution in [1.29, 1.82) is 0 Å². The zero-order valence-corrected chi connectivity index (χ0v) is 20.5. The first kappa shape index (κ1) is 27.5. The molecule has 0 aliphatic heterocycles. The molecule has 0 heterocycles. The van der Waals surface area contributed by atoms with Crippen LogP contribution in [0.4, 0.5) is 0 Å². The molecule has 9 heteroatoms. The molecule has 3 rings (SSSR count). The van der Waals surface area contributed by atoms with Gasteiger partial charge in [-0.3, -0.25) is 14.7 Å². The predicted octanol–water partition coefficient (Wildman–Crippen LogP) is 5.28. The van der Waals surface area contributed by atoms with E-state index in [0.717, 1.165) is 0 Å². The highest BCUT2D eigenvalue weighted by Crippen LogP contribution is 2.17. The van der Waals surface area contributed by atoms with Crippen molar-refractivity contribution in [3.05, 3.63) is 108 Å². The monoisotopic (exact) mass is 508 g/mol. The number of carbonyl (C=O) groups excluding carboxylic acids is 3. The molecule has 9 nitrogen and oxygen atoms in total. The number of hydrogen-bond donors (Lipinski definition) is 0. The van der Waals surface area contributed by atoms with Gasteiger partial charge in [0.15, 0.2) is 0 Å². The second-order valence-corrected chi connectivity index (χ2v) is 8.13. The average Bonchev–Trinajstić information content (AvgIpc) is 2.95. The SMILES string of the molecule is CC(CCC(OOC(=O)c1ccccc1)C(C)OOC(=O)c1ccccc1)OOC(=O)c1ccccc1. The highest BCUT2D eigenvalue weighted by molar-refractivity contribution is 5.89. The van der Waals surface area contributed by atoms with E-state index >= 15 is 0 Å². The molecule has 0 radical (unpaired) electrons. The summed E-state index contributed by atoms with van der Waals surface area (Å²) in [4.78, 5) is 67.3. The third kappa shape index (κ3) is 9.16. The van der Waals surface area contributed by atoms with Gasteiger partial charge in [0.1, 0.15) is 18.3 Å². The normalized spacial score (nSPS) is 13.1. The van der Waals surface area contributed by atoms with Crippen molar-refractivity contribution in [3.63, 3.8) is 0 Å². The fourth-order valence-electron chi connectivity index (χ4n) is 3.09. The summed E-state index contributed by atoms with van der Waals surface area (Å²) in [5.74, 6) is -2.00. The van der Waals surface area contributed by atoms with Crippen molar-refractivity contribution in [1.82, 2.24) is 0 Å². The lowest BCUT2D eigenvalue weighted by molar-refractivity contribution is -0.346. The van der Waals surface area contributed by atoms with Gasteiger partial charge in [0, 0.05) is 0 Å². The van der Waals surface area contributed by atoms with Crippen LogP contribution in [0.2, 0.25) is 0 Å². The first-order chi connectivity index (χ1) is 17.9. The second-order valence-electron chi connectivity index (χ2n) is 8.13. The summed E-state index contributed by atoms with van der Waals surface area (Å²) in [5, 5.41) is 0. The van der Waals surface area contributed by atoms with Gasteiger partial charge in [-0.25, -0.2) is 14.4 Å². The van der Waals surface area contributed by atoms with Crippen LogP contribution < -0.4 is 0 Å². The highest BCUT2D eigenvalue weighted by atomic mass is 17.2. The first-order valence-corrected chi connectivity index (χ1v) is 11.7. The molecule has 0 spiro atoms. The summed E-state index contributed by atoms with van der Waals surface area (Å²) in [6.07, 6.45) is -1.61. The molecule has 0 amide bonds. The van der Waals surface area contributed by atoms with Gasteiger partial charge < -0.3 is 0 Å². The van der Waals surface area contributed by atoms with Crippen LogP contribution in [0.5, 0.6) is 0 Å². The van der Waals surface area contributed by atoms with E-state index in [1.165, 1.54) is 0 Å². The lowest BCUT2D eigenvalue weighted by atomic mass is 10.1. The van der Waals surface area contributed by atoms with Crippen LogP contribution in [0.1, 0.15) is 57.8 Å². The van der Waals surface area contributed by atoms with Gasteiger partial charge in [-0.15, -0.1) is 0 Å². The van der Waals surface area contributed by atoms with E-state index < -0.39 is 36.2 Å². The van der Waals surface area contributed by atoms with E-state index in [1.807, 2.05) is 0 Å². The average molecular weight is 509 g/mol.